The summed E-state index contributed by atoms with van der Waals surface area (Å²) in [5.74, 6) is 1.29. The molecule has 1 fully saturated rings. The first-order valence-electron chi connectivity index (χ1n) is 9.71. The predicted molar refractivity (Wildman–Crippen MR) is 111 cm³/mol. The second-order valence-corrected chi connectivity index (χ2v) is 8.33. The van der Waals surface area contributed by atoms with Crippen LogP contribution in [0.15, 0.2) is 29.8 Å². The van der Waals surface area contributed by atoms with Gasteiger partial charge in [0.25, 0.3) is 0 Å². The molecular weight excluding hydrogens is 390 g/mol. The third-order valence-electron chi connectivity index (χ3n) is 5.47. The molecule has 3 aromatic rings. The number of aromatic nitrogens is 3. The first-order valence-corrected chi connectivity index (χ1v) is 10.6. The number of hydrogen-bond acceptors (Lipinski definition) is 5. The highest BCUT2D eigenvalue weighted by Gasteiger charge is 2.27. The Labute approximate surface area is 171 Å². The SMILES string of the molecule is O=C(O)NCC[C@@H]1CC[C@H](c2cc(NC(=O)Cc3cccc4scnc34)n[nH]2)C1. The van der Waals surface area contributed by atoms with Gasteiger partial charge in [0.05, 0.1) is 22.1 Å². The van der Waals surface area contributed by atoms with Gasteiger partial charge in [0, 0.05) is 24.2 Å². The number of anilines is 1. The molecule has 0 aliphatic heterocycles. The lowest BCUT2D eigenvalue weighted by molar-refractivity contribution is -0.115. The van der Waals surface area contributed by atoms with Crippen LogP contribution in [0, 0.1) is 5.92 Å². The van der Waals surface area contributed by atoms with Crippen LogP contribution >= 0.6 is 11.3 Å². The van der Waals surface area contributed by atoms with E-state index < -0.39 is 6.09 Å². The summed E-state index contributed by atoms with van der Waals surface area (Å²) in [4.78, 5) is 27.4. The number of thiazole rings is 1. The normalized spacial score (nSPS) is 18.8. The molecule has 0 unspecified atom stereocenters. The van der Waals surface area contributed by atoms with E-state index in [0.717, 1.165) is 47.2 Å². The number of carbonyl (C=O) groups excluding carboxylic acids is 1. The summed E-state index contributed by atoms with van der Waals surface area (Å²) < 4.78 is 1.08. The van der Waals surface area contributed by atoms with Crippen molar-refractivity contribution in [2.24, 2.45) is 5.92 Å². The van der Waals surface area contributed by atoms with Crippen LogP contribution in [0.3, 0.4) is 0 Å². The molecule has 0 spiro atoms. The fourth-order valence-electron chi connectivity index (χ4n) is 4.06. The molecule has 2 heterocycles. The number of nitrogens with zero attached hydrogens (tertiary/aromatic N) is 2. The Balaban J connectivity index is 1.31. The minimum Gasteiger partial charge on any atom is -0.465 e. The molecule has 0 saturated heterocycles. The molecule has 2 atom stereocenters. The van der Waals surface area contributed by atoms with Gasteiger partial charge in [-0.1, -0.05) is 12.1 Å². The summed E-state index contributed by atoms with van der Waals surface area (Å²) >= 11 is 1.56. The van der Waals surface area contributed by atoms with Gasteiger partial charge in [0.1, 0.15) is 0 Å². The molecule has 9 heteroatoms. The van der Waals surface area contributed by atoms with Crippen molar-refractivity contribution in [3.05, 3.63) is 41.0 Å². The van der Waals surface area contributed by atoms with Crippen LogP contribution in [0.1, 0.15) is 42.9 Å². The van der Waals surface area contributed by atoms with Crippen LogP contribution in [-0.2, 0) is 11.2 Å². The maximum atomic E-state index is 12.5. The summed E-state index contributed by atoms with van der Waals surface area (Å²) in [5, 5.41) is 21.3. The second kappa shape index (κ2) is 8.60. The zero-order valence-corrected chi connectivity index (χ0v) is 16.7. The molecule has 1 saturated carbocycles. The molecule has 1 aliphatic rings. The molecule has 2 amide bonds. The Hall–Kier alpha value is -2.94. The first-order chi connectivity index (χ1) is 14.1. The molecule has 29 heavy (non-hydrogen) atoms. The van der Waals surface area contributed by atoms with Crippen LogP contribution in [0.25, 0.3) is 10.2 Å². The van der Waals surface area contributed by atoms with E-state index in [1.165, 1.54) is 0 Å². The number of hydrogen-bond donors (Lipinski definition) is 4. The molecule has 4 rings (SSSR count). The van der Waals surface area contributed by atoms with E-state index in [9.17, 15) is 9.59 Å². The lowest BCUT2D eigenvalue weighted by Gasteiger charge is -2.09. The average Bonchev–Trinajstić information content (AvgIpc) is 3.41. The molecular formula is C20H23N5O3S. The van der Waals surface area contributed by atoms with Gasteiger partial charge in [-0.2, -0.15) is 5.10 Å². The van der Waals surface area contributed by atoms with Gasteiger partial charge >= 0.3 is 6.09 Å². The van der Waals surface area contributed by atoms with Gasteiger partial charge in [0.2, 0.25) is 5.91 Å². The maximum absolute atomic E-state index is 12.5. The summed E-state index contributed by atoms with van der Waals surface area (Å²) in [5.41, 5.74) is 4.60. The fraction of sp³-hybridized carbons (Fsp3) is 0.400. The number of benzene rings is 1. The molecule has 1 aromatic carbocycles. The van der Waals surface area contributed by atoms with E-state index in [-0.39, 0.29) is 12.3 Å². The largest absolute Gasteiger partial charge is 0.465 e. The van der Waals surface area contributed by atoms with Gasteiger partial charge < -0.3 is 15.7 Å². The summed E-state index contributed by atoms with van der Waals surface area (Å²) in [6.45, 7) is 0.489. The Morgan fingerprint density at radius 3 is 3.07 bits per heavy atom. The van der Waals surface area contributed by atoms with Crippen molar-refractivity contribution in [2.45, 2.75) is 38.0 Å². The number of amides is 2. The number of para-hydroxylation sites is 1. The smallest absolute Gasteiger partial charge is 0.404 e. The summed E-state index contributed by atoms with van der Waals surface area (Å²) in [7, 11) is 0. The van der Waals surface area contributed by atoms with Gasteiger partial charge in [-0.25, -0.2) is 9.78 Å². The number of nitrogens with one attached hydrogen (secondary N) is 3. The standard InChI is InChI=1S/C20H23N5O3S/c26-18(9-14-2-1-3-16-19(14)22-11-29-16)23-17-10-15(24-25-17)13-5-4-12(8-13)6-7-21-20(27)28/h1-3,10-13,21H,4-9H2,(H,27,28)(H2,23,24,25,26)/t12-,13-/m0/s1. The van der Waals surface area contributed by atoms with Crippen molar-refractivity contribution in [2.75, 3.05) is 11.9 Å². The predicted octanol–water partition coefficient (Wildman–Crippen LogP) is 3.74. The lowest BCUT2D eigenvalue weighted by Crippen LogP contribution is -2.23. The number of carboxylic acid groups (broad SMARTS) is 1. The monoisotopic (exact) mass is 413 g/mol. The van der Waals surface area contributed by atoms with Gasteiger partial charge in [-0.3, -0.25) is 9.89 Å². The highest BCUT2D eigenvalue weighted by atomic mass is 32.1. The van der Waals surface area contributed by atoms with E-state index in [1.807, 2.05) is 24.3 Å². The topological polar surface area (TPSA) is 120 Å². The van der Waals surface area contributed by atoms with Crippen molar-refractivity contribution in [1.29, 1.82) is 0 Å². The van der Waals surface area contributed by atoms with Crippen molar-refractivity contribution >= 4 is 39.4 Å². The fourth-order valence-corrected chi connectivity index (χ4v) is 4.78. The van der Waals surface area contributed by atoms with E-state index in [2.05, 4.69) is 25.8 Å². The number of H-pyrrole nitrogens is 1. The highest BCUT2D eigenvalue weighted by molar-refractivity contribution is 7.16. The van der Waals surface area contributed by atoms with Gasteiger partial charge in [-0.05, 0) is 43.2 Å². The first kappa shape index (κ1) is 19.4. The zero-order valence-electron chi connectivity index (χ0n) is 15.9. The average molecular weight is 414 g/mol. The number of carbonyl (C=O) groups is 2. The van der Waals surface area contributed by atoms with Crippen molar-refractivity contribution in [3.63, 3.8) is 0 Å². The van der Waals surface area contributed by atoms with Crippen molar-refractivity contribution in [1.82, 2.24) is 20.5 Å². The molecule has 2 aromatic heterocycles. The van der Waals surface area contributed by atoms with Gasteiger partial charge in [-0.15, -0.1) is 11.3 Å². The third kappa shape index (κ3) is 4.73. The number of aromatic amines is 1. The maximum Gasteiger partial charge on any atom is 0.404 e. The number of fused-ring (bicyclic) bond motifs is 1. The van der Waals surface area contributed by atoms with E-state index in [4.69, 9.17) is 5.11 Å². The molecule has 4 N–H and O–H groups in total. The van der Waals surface area contributed by atoms with E-state index in [1.54, 1.807) is 16.8 Å². The minimum absolute atomic E-state index is 0.118. The van der Waals surface area contributed by atoms with Crippen LogP contribution in [0.4, 0.5) is 10.6 Å². The Bertz CT molecular complexity index is 1010. The summed E-state index contributed by atoms with van der Waals surface area (Å²) in [6, 6.07) is 7.78. The Kier molecular flexibility index (Phi) is 5.75. The van der Waals surface area contributed by atoms with Crippen LogP contribution in [0.5, 0.6) is 0 Å². The minimum atomic E-state index is -0.973. The summed E-state index contributed by atoms with van der Waals surface area (Å²) in [6.07, 6.45) is 3.25. The van der Waals surface area contributed by atoms with E-state index in [0.29, 0.717) is 24.2 Å². The van der Waals surface area contributed by atoms with Crippen LogP contribution in [-0.4, -0.2) is 38.8 Å². The zero-order chi connectivity index (χ0) is 20.2. The molecule has 0 bridgehead atoms. The molecule has 8 nitrogen and oxygen atoms in total. The lowest BCUT2D eigenvalue weighted by atomic mass is 9.99. The Morgan fingerprint density at radius 1 is 1.31 bits per heavy atom. The van der Waals surface area contributed by atoms with E-state index >= 15 is 0 Å². The van der Waals surface area contributed by atoms with Crippen LogP contribution in [0.2, 0.25) is 0 Å². The van der Waals surface area contributed by atoms with Gasteiger partial charge in [0.15, 0.2) is 5.82 Å². The van der Waals surface area contributed by atoms with Crippen molar-refractivity contribution in [3.8, 4) is 0 Å². The molecule has 152 valence electrons. The number of rotatable bonds is 7. The second-order valence-electron chi connectivity index (χ2n) is 7.45. The quantitative estimate of drug-likeness (QED) is 0.470. The Morgan fingerprint density at radius 2 is 2.21 bits per heavy atom. The van der Waals surface area contributed by atoms with Crippen LogP contribution < -0.4 is 10.6 Å². The third-order valence-corrected chi connectivity index (χ3v) is 6.26. The highest BCUT2D eigenvalue weighted by Crippen LogP contribution is 2.39. The molecule has 1 aliphatic carbocycles. The van der Waals surface area contributed by atoms with Crippen molar-refractivity contribution < 1.29 is 14.7 Å². The molecule has 0 radical (unpaired) electrons.